The van der Waals surface area contributed by atoms with Crippen LogP contribution >= 0.6 is 0 Å². The minimum Gasteiger partial charge on any atom is -0.490 e. The van der Waals surface area contributed by atoms with Gasteiger partial charge in [0, 0.05) is 5.56 Å². The molecule has 23 heavy (non-hydrogen) atoms. The van der Waals surface area contributed by atoms with Gasteiger partial charge in [-0.1, -0.05) is 45.0 Å². The highest BCUT2D eigenvalue weighted by atomic mass is 16.5. The molecule has 0 fully saturated rings. The van der Waals surface area contributed by atoms with Crippen molar-refractivity contribution in [3.63, 3.8) is 0 Å². The van der Waals surface area contributed by atoms with Crippen molar-refractivity contribution in [2.45, 2.75) is 32.6 Å². The lowest BCUT2D eigenvalue weighted by atomic mass is 9.82. The minimum atomic E-state index is 0.186. The zero-order valence-corrected chi connectivity index (χ0v) is 14.0. The van der Waals surface area contributed by atoms with Gasteiger partial charge in [-0.3, -0.25) is 4.79 Å². The van der Waals surface area contributed by atoms with Crippen molar-refractivity contribution in [1.29, 1.82) is 0 Å². The number of hydrogen-bond donors (Lipinski definition) is 0. The van der Waals surface area contributed by atoms with Crippen molar-refractivity contribution >= 4 is 6.29 Å². The van der Waals surface area contributed by atoms with Crippen LogP contribution < -0.4 is 9.47 Å². The molecule has 3 heteroatoms. The maximum atomic E-state index is 10.7. The lowest BCUT2D eigenvalue weighted by Crippen LogP contribution is -2.15. The second kappa shape index (κ2) is 7.82. The van der Waals surface area contributed by atoms with Gasteiger partial charge in [0.25, 0.3) is 0 Å². The maximum absolute atomic E-state index is 10.7. The Hall–Kier alpha value is -2.29. The van der Waals surface area contributed by atoms with Crippen LogP contribution in [0.3, 0.4) is 0 Å². The van der Waals surface area contributed by atoms with Crippen molar-refractivity contribution in [2.75, 3.05) is 13.2 Å². The van der Waals surface area contributed by atoms with Gasteiger partial charge >= 0.3 is 0 Å². The maximum Gasteiger partial charge on any atom is 0.150 e. The van der Waals surface area contributed by atoms with E-state index in [1.165, 1.54) is 5.56 Å². The molecule has 0 unspecified atom stereocenters. The van der Waals surface area contributed by atoms with Crippen LogP contribution in [0, 0.1) is 0 Å². The zero-order chi connectivity index (χ0) is 16.7. The van der Waals surface area contributed by atoms with Gasteiger partial charge in [0.15, 0.2) is 0 Å². The van der Waals surface area contributed by atoms with Gasteiger partial charge in [-0.25, -0.2) is 0 Å². The molecule has 0 atom stereocenters. The number of carbonyl (C=O) groups is 1. The predicted octanol–water partition coefficient (Wildman–Crippen LogP) is 4.64. The van der Waals surface area contributed by atoms with E-state index in [9.17, 15) is 4.79 Å². The summed E-state index contributed by atoms with van der Waals surface area (Å²) in [6.45, 7) is 7.57. The lowest BCUT2D eigenvalue weighted by Gasteiger charge is -2.23. The molecule has 0 aliphatic heterocycles. The fourth-order valence-corrected chi connectivity index (χ4v) is 2.20. The van der Waals surface area contributed by atoms with Gasteiger partial charge in [-0.05, 0) is 41.7 Å². The number of rotatable bonds is 8. The van der Waals surface area contributed by atoms with E-state index in [-0.39, 0.29) is 5.41 Å². The molecule has 0 N–H and O–H groups in total. The third kappa shape index (κ3) is 4.85. The van der Waals surface area contributed by atoms with Gasteiger partial charge in [0.1, 0.15) is 31.0 Å². The summed E-state index contributed by atoms with van der Waals surface area (Å²) in [5.74, 6) is 1.52. The lowest BCUT2D eigenvalue weighted by molar-refractivity contribution is 0.112. The molecule has 2 aromatic carbocycles. The minimum absolute atomic E-state index is 0.186. The number of benzene rings is 2. The standard InChI is InChI=1S/C20H24O3/c1-4-20(2,3)17-8-10-18(11-9-17)22-12-13-23-19-7-5-6-16(14-19)15-21/h5-11,14-15H,4,12-13H2,1-3H3. The zero-order valence-electron chi connectivity index (χ0n) is 14.0. The summed E-state index contributed by atoms with van der Waals surface area (Å²) in [6.07, 6.45) is 1.91. The van der Waals surface area contributed by atoms with Crippen molar-refractivity contribution in [2.24, 2.45) is 0 Å². The van der Waals surface area contributed by atoms with Gasteiger partial charge in [0.2, 0.25) is 0 Å². The normalized spacial score (nSPS) is 11.1. The fraction of sp³-hybridized carbons (Fsp3) is 0.350. The first-order valence-corrected chi connectivity index (χ1v) is 7.96. The Morgan fingerprint density at radius 2 is 1.61 bits per heavy atom. The summed E-state index contributed by atoms with van der Waals surface area (Å²) >= 11 is 0. The van der Waals surface area contributed by atoms with Gasteiger partial charge < -0.3 is 9.47 Å². The molecule has 122 valence electrons. The van der Waals surface area contributed by atoms with Crippen molar-refractivity contribution in [3.05, 3.63) is 59.7 Å². The molecule has 0 bridgehead atoms. The Balaban J connectivity index is 1.81. The Bertz CT molecular complexity index is 630. The van der Waals surface area contributed by atoms with Gasteiger partial charge in [-0.15, -0.1) is 0 Å². The second-order valence-corrected chi connectivity index (χ2v) is 6.15. The first kappa shape index (κ1) is 17.1. The molecule has 0 heterocycles. The van der Waals surface area contributed by atoms with Crippen LogP contribution in [0.4, 0.5) is 0 Å². The summed E-state index contributed by atoms with van der Waals surface area (Å²) in [5, 5.41) is 0. The van der Waals surface area contributed by atoms with E-state index >= 15 is 0 Å². The molecular formula is C20H24O3. The molecule has 3 nitrogen and oxygen atoms in total. The van der Waals surface area contributed by atoms with E-state index in [0.29, 0.717) is 24.5 Å². The molecule has 0 amide bonds. The molecule has 0 saturated heterocycles. The molecule has 2 rings (SSSR count). The summed E-state index contributed by atoms with van der Waals surface area (Å²) in [6, 6.07) is 15.3. The number of carbonyl (C=O) groups excluding carboxylic acids is 1. The fourth-order valence-electron chi connectivity index (χ4n) is 2.20. The summed E-state index contributed by atoms with van der Waals surface area (Å²) < 4.78 is 11.3. The second-order valence-electron chi connectivity index (χ2n) is 6.15. The van der Waals surface area contributed by atoms with Gasteiger partial charge in [-0.2, -0.15) is 0 Å². The van der Waals surface area contributed by atoms with E-state index in [2.05, 4.69) is 32.9 Å². The van der Waals surface area contributed by atoms with E-state index in [4.69, 9.17) is 9.47 Å². The molecule has 2 aromatic rings. The Morgan fingerprint density at radius 3 is 2.22 bits per heavy atom. The smallest absolute Gasteiger partial charge is 0.150 e. The first-order valence-electron chi connectivity index (χ1n) is 7.96. The summed E-state index contributed by atoms with van der Waals surface area (Å²) in [4.78, 5) is 10.7. The largest absolute Gasteiger partial charge is 0.490 e. The Kier molecular flexibility index (Phi) is 5.80. The third-order valence-electron chi connectivity index (χ3n) is 4.13. The molecule has 0 radical (unpaired) electrons. The van der Waals surface area contributed by atoms with E-state index in [1.54, 1.807) is 18.2 Å². The number of aldehydes is 1. The van der Waals surface area contributed by atoms with Crippen molar-refractivity contribution < 1.29 is 14.3 Å². The van der Waals surface area contributed by atoms with E-state index in [1.807, 2.05) is 18.2 Å². The number of ether oxygens (including phenoxy) is 2. The molecule has 0 aromatic heterocycles. The average molecular weight is 312 g/mol. The Labute approximate surface area is 138 Å². The third-order valence-corrected chi connectivity index (χ3v) is 4.13. The van der Waals surface area contributed by atoms with Crippen molar-refractivity contribution in [3.8, 4) is 11.5 Å². The Morgan fingerprint density at radius 1 is 0.957 bits per heavy atom. The molecule has 0 aliphatic rings. The highest BCUT2D eigenvalue weighted by Crippen LogP contribution is 2.28. The first-order chi connectivity index (χ1) is 11.0. The SMILES string of the molecule is CCC(C)(C)c1ccc(OCCOc2cccc(C=O)c2)cc1. The van der Waals surface area contributed by atoms with E-state index < -0.39 is 0 Å². The molecular weight excluding hydrogens is 288 g/mol. The number of hydrogen-bond acceptors (Lipinski definition) is 3. The predicted molar refractivity (Wildman–Crippen MR) is 92.6 cm³/mol. The van der Waals surface area contributed by atoms with Crippen LogP contribution in [-0.4, -0.2) is 19.5 Å². The molecule has 0 aliphatic carbocycles. The highest BCUT2D eigenvalue weighted by Gasteiger charge is 2.17. The monoisotopic (exact) mass is 312 g/mol. The quantitative estimate of drug-likeness (QED) is 0.526. The van der Waals surface area contributed by atoms with Gasteiger partial charge in [0.05, 0.1) is 0 Å². The van der Waals surface area contributed by atoms with Crippen LogP contribution in [0.1, 0.15) is 43.1 Å². The van der Waals surface area contributed by atoms with Crippen LogP contribution in [0.5, 0.6) is 11.5 Å². The van der Waals surface area contributed by atoms with Crippen molar-refractivity contribution in [1.82, 2.24) is 0 Å². The topological polar surface area (TPSA) is 35.5 Å². The van der Waals surface area contributed by atoms with E-state index in [0.717, 1.165) is 18.5 Å². The highest BCUT2D eigenvalue weighted by molar-refractivity contribution is 5.75. The van der Waals surface area contributed by atoms with Crippen LogP contribution in [0.25, 0.3) is 0 Å². The summed E-state index contributed by atoms with van der Waals surface area (Å²) in [7, 11) is 0. The average Bonchev–Trinajstić information content (AvgIpc) is 2.59. The van der Waals surface area contributed by atoms with Crippen LogP contribution in [0.15, 0.2) is 48.5 Å². The van der Waals surface area contributed by atoms with Crippen LogP contribution in [-0.2, 0) is 5.41 Å². The molecule has 0 saturated carbocycles. The molecule has 0 spiro atoms. The van der Waals surface area contributed by atoms with Crippen LogP contribution in [0.2, 0.25) is 0 Å². The summed E-state index contributed by atoms with van der Waals surface area (Å²) in [5.41, 5.74) is 2.11.